The SMILES string of the molecule is CN1CCCN(C)c2ccc(cn2)-c2ccnc(n2)Nc2cccc(c2)CN2CCN(CC1=O)/C(=C/O)C2. The van der Waals surface area contributed by atoms with Crippen LogP contribution in [0.25, 0.3) is 11.3 Å². The Morgan fingerprint density at radius 1 is 0.947 bits per heavy atom. The molecule has 0 saturated carbocycles. The van der Waals surface area contributed by atoms with E-state index in [1.54, 1.807) is 11.1 Å². The van der Waals surface area contributed by atoms with Gasteiger partial charge in [0.15, 0.2) is 0 Å². The first-order valence-electron chi connectivity index (χ1n) is 12.9. The molecule has 1 atom stereocenters. The van der Waals surface area contributed by atoms with Crippen LogP contribution in [0.4, 0.5) is 17.5 Å². The summed E-state index contributed by atoms with van der Waals surface area (Å²) in [5.41, 5.74) is 4.50. The largest absolute Gasteiger partial charge is 0.514 e. The number of aromatic nitrogens is 3. The van der Waals surface area contributed by atoms with Crippen molar-refractivity contribution in [2.75, 3.05) is 63.6 Å². The monoisotopic (exact) mass is 514 g/mol. The lowest BCUT2D eigenvalue weighted by atomic mass is 10.1. The molecule has 3 aromatic rings. The van der Waals surface area contributed by atoms with Crippen molar-refractivity contribution in [3.63, 3.8) is 0 Å². The van der Waals surface area contributed by atoms with Crippen LogP contribution in [-0.2, 0) is 11.3 Å². The zero-order chi connectivity index (χ0) is 26.5. The van der Waals surface area contributed by atoms with Gasteiger partial charge in [0, 0.05) is 77.0 Å². The molecule has 1 aromatic carbocycles. The number of nitrogens with one attached hydrogen (secondary N) is 1. The molecule has 1 amide bonds. The van der Waals surface area contributed by atoms with E-state index in [0.717, 1.165) is 66.3 Å². The molecule has 7 heterocycles. The molecule has 8 bridgehead atoms. The Morgan fingerprint density at radius 2 is 1.82 bits per heavy atom. The summed E-state index contributed by atoms with van der Waals surface area (Å²) in [5, 5.41) is 13.3. The minimum atomic E-state index is 0.0444. The molecule has 1 fully saturated rings. The first-order chi connectivity index (χ1) is 18.5. The summed E-state index contributed by atoms with van der Waals surface area (Å²) in [7, 11) is 3.84. The topological polar surface area (TPSA) is 101 Å². The normalized spacial score (nSPS) is 20.1. The summed E-state index contributed by atoms with van der Waals surface area (Å²) < 4.78 is 0. The number of hydrogen-bond donors (Lipinski definition) is 2. The fourth-order valence-electron chi connectivity index (χ4n) is 4.80. The molecule has 38 heavy (non-hydrogen) atoms. The smallest absolute Gasteiger partial charge is 0.241 e. The molecule has 2 N–H and O–H groups in total. The lowest BCUT2D eigenvalue weighted by Crippen LogP contribution is -2.48. The molecule has 10 nitrogen and oxygen atoms in total. The van der Waals surface area contributed by atoms with Crippen LogP contribution in [-0.4, -0.2) is 94.0 Å². The Morgan fingerprint density at radius 3 is 2.63 bits per heavy atom. The van der Waals surface area contributed by atoms with E-state index in [4.69, 9.17) is 4.98 Å². The lowest BCUT2D eigenvalue weighted by molar-refractivity contribution is -0.131. The van der Waals surface area contributed by atoms with Crippen molar-refractivity contribution in [3.8, 4) is 11.3 Å². The third-order valence-electron chi connectivity index (χ3n) is 7.05. The second kappa shape index (κ2) is 11.5. The van der Waals surface area contributed by atoms with Crippen LogP contribution in [0.2, 0.25) is 0 Å². The quantitative estimate of drug-likeness (QED) is 0.438. The van der Waals surface area contributed by atoms with Gasteiger partial charge in [-0.15, -0.1) is 0 Å². The Bertz CT molecular complexity index is 1300. The Kier molecular flexibility index (Phi) is 7.69. The Balaban J connectivity index is 1.41. The minimum Gasteiger partial charge on any atom is -0.514 e. The van der Waals surface area contributed by atoms with Crippen LogP contribution < -0.4 is 10.2 Å². The van der Waals surface area contributed by atoms with E-state index in [2.05, 4.69) is 37.2 Å². The van der Waals surface area contributed by atoms with Crippen molar-refractivity contribution in [1.29, 1.82) is 0 Å². The number of piperazine rings is 1. The summed E-state index contributed by atoms with van der Waals surface area (Å²) in [6.45, 7) is 4.44. The zero-order valence-electron chi connectivity index (χ0n) is 21.9. The van der Waals surface area contributed by atoms with Crippen molar-refractivity contribution in [1.82, 2.24) is 29.7 Å². The Labute approximate surface area is 223 Å². The summed E-state index contributed by atoms with van der Waals surface area (Å²) in [6, 6.07) is 14.1. The molecule has 0 spiro atoms. The van der Waals surface area contributed by atoms with Crippen LogP contribution in [0.5, 0.6) is 0 Å². The van der Waals surface area contributed by atoms with Gasteiger partial charge in [-0.2, -0.15) is 0 Å². The molecule has 2 aromatic heterocycles. The average Bonchev–Trinajstić information content (AvgIpc) is 2.93. The molecule has 5 aliphatic rings. The molecule has 0 aliphatic carbocycles. The second-order valence-corrected chi connectivity index (χ2v) is 9.84. The number of aliphatic hydroxyl groups is 1. The van der Waals surface area contributed by atoms with Gasteiger partial charge in [-0.3, -0.25) is 9.69 Å². The number of aliphatic hydroxyl groups excluding tert-OH is 1. The lowest BCUT2D eigenvalue weighted by Gasteiger charge is -2.38. The van der Waals surface area contributed by atoms with E-state index in [0.29, 0.717) is 25.6 Å². The summed E-state index contributed by atoms with van der Waals surface area (Å²) in [5.74, 6) is 1.43. The number of likely N-dealkylation sites (N-methyl/N-ethyl adjacent to an activating group) is 1. The molecule has 1 unspecified atom stereocenters. The van der Waals surface area contributed by atoms with E-state index < -0.39 is 0 Å². The van der Waals surface area contributed by atoms with Crippen molar-refractivity contribution >= 4 is 23.4 Å². The number of benzene rings is 1. The molecule has 198 valence electrons. The van der Waals surface area contributed by atoms with Gasteiger partial charge in [-0.1, -0.05) is 12.1 Å². The van der Waals surface area contributed by atoms with Gasteiger partial charge in [-0.25, -0.2) is 15.0 Å². The second-order valence-electron chi connectivity index (χ2n) is 9.84. The summed E-state index contributed by atoms with van der Waals surface area (Å²) in [6.07, 6.45) is 5.53. The van der Waals surface area contributed by atoms with Crippen LogP contribution in [0.3, 0.4) is 0 Å². The van der Waals surface area contributed by atoms with Crippen LogP contribution >= 0.6 is 0 Å². The molecule has 10 heteroatoms. The highest BCUT2D eigenvalue weighted by Crippen LogP contribution is 2.23. The zero-order valence-corrected chi connectivity index (χ0v) is 21.9. The maximum Gasteiger partial charge on any atom is 0.241 e. The van der Waals surface area contributed by atoms with Gasteiger partial charge in [0.05, 0.1) is 24.2 Å². The first kappa shape index (κ1) is 25.5. The van der Waals surface area contributed by atoms with E-state index in [1.807, 2.05) is 55.5 Å². The standard InChI is InChI=1S/C28H34N8O2/c1-33-11-4-12-34(2)27(38)19-36-14-13-35(18-24(36)20-37)17-21-5-3-6-23(15-21)31-28-29-10-9-25(32-28)22-7-8-26(33)30-16-22/h3,5-10,15-16,20,37H,4,11-14,17-19H2,1-2H3,(H,29,31,32)/b24-20+. The third-order valence-corrected chi connectivity index (χ3v) is 7.05. The number of carbonyl (C=O) groups is 1. The maximum atomic E-state index is 12.9. The van der Waals surface area contributed by atoms with Crippen molar-refractivity contribution in [2.24, 2.45) is 0 Å². The number of pyridine rings is 1. The van der Waals surface area contributed by atoms with E-state index in [-0.39, 0.29) is 12.5 Å². The molecular formula is C28H34N8O2. The molecule has 0 radical (unpaired) electrons. The highest BCUT2D eigenvalue weighted by Gasteiger charge is 2.24. The Hall–Kier alpha value is -4.18. The predicted octanol–water partition coefficient (Wildman–Crippen LogP) is 3.10. The van der Waals surface area contributed by atoms with E-state index in [1.165, 1.54) is 0 Å². The molecule has 8 rings (SSSR count). The van der Waals surface area contributed by atoms with Crippen molar-refractivity contribution < 1.29 is 9.90 Å². The average molecular weight is 515 g/mol. The van der Waals surface area contributed by atoms with Gasteiger partial charge in [0.1, 0.15) is 5.82 Å². The summed E-state index contributed by atoms with van der Waals surface area (Å²) >= 11 is 0. The third kappa shape index (κ3) is 6.03. The van der Waals surface area contributed by atoms with E-state index >= 15 is 0 Å². The van der Waals surface area contributed by atoms with Gasteiger partial charge >= 0.3 is 0 Å². The number of amides is 1. The van der Waals surface area contributed by atoms with Gasteiger partial charge in [0.25, 0.3) is 0 Å². The highest BCUT2D eigenvalue weighted by molar-refractivity contribution is 5.78. The first-order valence-corrected chi connectivity index (χ1v) is 12.9. The number of carbonyl (C=O) groups excluding carboxylic acids is 1. The van der Waals surface area contributed by atoms with Gasteiger partial charge in [0.2, 0.25) is 11.9 Å². The number of rotatable bonds is 0. The van der Waals surface area contributed by atoms with Crippen LogP contribution in [0, 0.1) is 0 Å². The van der Waals surface area contributed by atoms with Gasteiger partial charge in [-0.05, 0) is 42.3 Å². The molecule has 1 saturated heterocycles. The molecular weight excluding hydrogens is 480 g/mol. The molecule has 5 aliphatic heterocycles. The highest BCUT2D eigenvalue weighted by atomic mass is 16.2. The van der Waals surface area contributed by atoms with Crippen LogP contribution in [0.15, 0.2) is 66.8 Å². The number of anilines is 3. The van der Waals surface area contributed by atoms with Crippen molar-refractivity contribution in [2.45, 2.75) is 13.0 Å². The van der Waals surface area contributed by atoms with Gasteiger partial charge < -0.3 is 25.1 Å². The van der Waals surface area contributed by atoms with Crippen molar-refractivity contribution in [3.05, 3.63) is 72.4 Å². The summed E-state index contributed by atoms with van der Waals surface area (Å²) in [4.78, 5) is 34.8. The van der Waals surface area contributed by atoms with E-state index in [9.17, 15) is 9.90 Å². The maximum absolute atomic E-state index is 12.9. The minimum absolute atomic E-state index is 0.0444. The van der Waals surface area contributed by atoms with Crippen LogP contribution in [0.1, 0.15) is 12.0 Å². The fourth-order valence-corrected chi connectivity index (χ4v) is 4.80. The predicted molar refractivity (Wildman–Crippen MR) is 148 cm³/mol. The number of hydrogen-bond acceptors (Lipinski definition) is 9. The number of nitrogens with zero attached hydrogens (tertiary/aromatic N) is 7. The fraction of sp³-hybridized carbons (Fsp3) is 0.357.